The summed E-state index contributed by atoms with van der Waals surface area (Å²) >= 11 is 13.1. The number of anilines is 2. The first-order valence-corrected chi connectivity index (χ1v) is 12.8. The van der Waals surface area contributed by atoms with Crippen LogP contribution in [0.25, 0.3) is 0 Å². The van der Waals surface area contributed by atoms with Crippen molar-refractivity contribution in [1.82, 2.24) is 14.8 Å². The number of hydrogen-bond donors (Lipinski definition) is 2. The van der Waals surface area contributed by atoms with Crippen LogP contribution in [-0.2, 0) is 27.3 Å². The zero-order valence-electron chi connectivity index (χ0n) is 19.9. The van der Waals surface area contributed by atoms with Gasteiger partial charge in [0.25, 0.3) is 0 Å². The van der Waals surface area contributed by atoms with Crippen LogP contribution in [0.2, 0.25) is 10.0 Å². The Morgan fingerprint density at radius 3 is 2.42 bits per heavy atom. The molecule has 12 heteroatoms. The lowest BCUT2D eigenvalue weighted by Crippen LogP contribution is -2.18. The minimum atomic E-state index is -0.456. The van der Waals surface area contributed by atoms with E-state index in [1.54, 1.807) is 60.9 Å². The van der Waals surface area contributed by atoms with Crippen LogP contribution in [0.4, 0.5) is 11.4 Å². The Balaban J connectivity index is 1.57. The minimum Gasteiger partial charge on any atom is -0.459 e. The van der Waals surface area contributed by atoms with Gasteiger partial charge in [0, 0.05) is 17.9 Å². The van der Waals surface area contributed by atoms with Gasteiger partial charge in [0.2, 0.25) is 11.8 Å². The van der Waals surface area contributed by atoms with Crippen LogP contribution in [0.15, 0.2) is 47.6 Å². The van der Waals surface area contributed by atoms with Crippen molar-refractivity contribution in [2.45, 2.75) is 45.0 Å². The highest BCUT2D eigenvalue weighted by Crippen LogP contribution is 2.25. The highest BCUT2D eigenvalue weighted by Gasteiger charge is 2.17. The maximum Gasteiger partial charge on any atom is 0.338 e. The van der Waals surface area contributed by atoms with E-state index in [4.69, 9.17) is 27.9 Å². The summed E-state index contributed by atoms with van der Waals surface area (Å²) in [6.07, 6.45) is -0.248. The molecule has 0 saturated carbocycles. The fourth-order valence-electron chi connectivity index (χ4n) is 3.13. The number of thioether (sulfide) groups is 1. The molecular formula is C24H25Cl2N5O4S. The van der Waals surface area contributed by atoms with Crippen molar-refractivity contribution in [2.75, 3.05) is 16.4 Å². The summed E-state index contributed by atoms with van der Waals surface area (Å²) in [7, 11) is 0. The minimum absolute atomic E-state index is 0.00683. The molecule has 0 aliphatic rings. The summed E-state index contributed by atoms with van der Waals surface area (Å²) in [6, 6.07) is 11.4. The molecular weight excluding hydrogens is 525 g/mol. The largest absolute Gasteiger partial charge is 0.459 e. The normalized spacial score (nSPS) is 10.8. The molecule has 2 amide bonds. The molecule has 0 aliphatic heterocycles. The van der Waals surface area contributed by atoms with Gasteiger partial charge in [-0.1, -0.05) is 41.0 Å². The predicted octanol–water partition coefficient (Wildman–Crippen LogP) is 5.08. The average molecular weight is 550 g/mol. The zero-order valence-corrected chi connectivity index (χ0v) is 22.2. The quantitative estimate of drug-likeness (QED) is 0.267. The average Bonchev–Trinajstić information content (AvgIpc) is 3.21. The van der Waals surface area contributed by atoms with E-state index in [0.717, 1.165) is 0 Å². The molecule has 0 fully saturated rings. The van der Waals surface area contributed by atoms with E-state index in [1.807, 2.05) is 6.92 Å². The van der Waals surface area contributed by atoms with Gasteiger partial charge >= 0.3 is 5.97 Å². The molecule has 0 bridgehead atoms. The number of carbonyl (C=O) groups excluding carboxylic acids is 3. The Kier molecular flexibility index (Phi) is 9.74. The third-order valence-corrected chi connectivity index (χ3v) is 6.39. The van der Waals surface area contributed by atoms with Gasteiger partial charge in [-0.25, -0.2) is 4.79 Å². The Hall–Kier alpha value is -3.08. The number of amides is 2. The van der Waals surface area contributed by atoms with Crippen LogP contribution in [0, 0.1) is 0 Å². The lowest BCUT2D eigenvalue weighted by Gasteiger charge is -2.10. The number of carbonyl (C=O) groups is 3. The number of esters is 1. The number of ether oxygens (including phenoxy) is 1. The van der Waals surface area contributed by atoms with Crippen molar-refractivity contribution in [3.8, 4) is 0 Å². The number of halogens is 2. The van der Waals surface area contributed by atoms with E-state index in [2.05, 4.69) is 20.8 Å². The first kappa shape index (κ1) is 27.5. The summed E-state index contributed by atoms with van der Waals surface area (Å²) < 4.78 is 6.96. The Morgan fingerprint density at radius 1 is 1.00 bits per heavy atom. The van der Waals surface area contributed by atoms with Crippen molar-refractivity contribution in [2.24, 2.45) is 0 Å². The fraction of sp³-hybridized carbons (Fsp3) is 0.292. The fourth-order valence-corrected chi connectivity index (χ4v) is 4.25. The van der Waals surface area contributed by atoms with Crippen molar-refractivity contribution in [1.29, 1.82) is 0 Å². The van der Waals surface area contributed by atoms with Gasteiger partial charge in [-0.2, -0.15) is 0 Å². The predicted molar refractivity (Wildman–Crippen MR) is 141 cm³/mol. The number of benzene rings is 2. The maximum absolute atomic E-state index is 12.5. The second-order valence-corrected chi connectivity index (χ2v) is 9.63. The summed E-state index contributed by atoms with van der Waals surface area (Å²) in [6.45, 7) is 5.95. The van der Waals surface area contributed by atoms with E-state index in [1.165, 1.54) is 11.8 Å². The van der Waals surface area contributed by atoms with Crippen molar-refractivity contribution < 1.29 is 19.1 Å². The SMILES string of the molecule is CCn1c(CC(=O)Nc2ccc(Cl)c(Cl)c2)nnc1SCC(=O)Nc1cccc(C(=O)OC(C)C)c1. The van der Waals surface area contributed by atoms with Crippen molar-refractivity contribution in [3.63, 3.8) is 0 Å². The molecule has 9 nitrogen and oxygen atoms in total. The summed E-state index contributed by atoms with van der Waals surface area (Å²) in [5, 5.41) is 15.0. The van der Waals surface area contributed by atoms with Gasteiger partial charge < -0.3 is 19.9 Å². The van der Waals surface area contributed by atoms with E-state index in [9.17, 15) is 14.4 Å². The molecule has 0 saturated heterocycles. The van der Waals surface area contributed by atoms with Crippen LogP contribution in [0.3, 0.4) is 0 Å². The van der Waals surface area contributed by atoms with Gasteiger partial charge in [-0.05, 0) is 57.2 Å². The third-order valence-electron chi connectivity index (χ3n) is 4.69. The molecule has 3 aromatic rings. The first-order chi connectivity index (χ1) is 17.2. The van der Waals surface area contributed by atoms with Crippen molar-refractivity contribution >= 4 is 64.1 Å². The van der Waals surface area contributed by atoms with E-state index >= 15 is 0 Å². The van der Waals surface area contributed by atoms with Gasteiger partial charge in [-0.3, -0.25) is 9.59 Å². The highest BCUT2D eigenvalue weighted by molar-refractivity contribution is 7.99. The molecule has 1 aromatic heterocycles. The molecule has 2 aromatic carbocycles. The standard InChI is InChI=1S/C24H25Cl2N5O4S/c1-4-31-20(12-21(32)27-17-8-9-18(25)19(26)11-17)29-30-24(31)36-13-22(33)28-16-7-5-6-15(10-16)23(34)35-14(2)3/h5-11,14H,4,12-13H2,1-3H3,(H,27,32)(H,28,33). The second-order valence-electron chi connectivity index (χ2n) is 7.87. The van der Waals surface area contributed by atoms with Gasteiger partial charge in [0.1, 0.15) is 5.82 Å². The van der Waals surface area contributed by atoms with E-state index in [-0.39, 0.29) is 30.1 Å². The Morgan fingerprint density at radius 2 is 1.72 bits per heavy atom. The molecule has 36 heavy (non-hydrogen) atoms. The lowest BCUT2D eigenvalue weighted by molar-refractivity contribution is -0.116. The number of nitrogens with one attached hydrogen (secondary N) is 2. The van der Waals surface area contributed by atoms with Crippen LogP contribution < -0.4 is 10.6 Å². The molecule has 0 aliphatic carbocycles. The van der Waals surface area contributed by atoms with Gasteiger partial charge in [-0.15, -0.1) is 10.2 Å². The summed E-state index contributed by atoms with van der Waals surface area (Å²) in [4.78, 5) is 37.1. The molecule has 2 N–H and O–H groups in total. The molecule has 1 heterocycles. The van der Waals surface area contributed by atoms with Crippen LogP contribution >= 0.6 is 35.0 Å². The lowest BCUT2D eigenvalue weighted by atomic mass is 10.2. The molecule has 0 unspecified atom stereocenters. The van der Waals surface area contributed by atoms with E-state index in [0.29, 0.717) is 44.5 Å². The number of nitrogens with zero attached hydrogens (tertiary/aromatic N) is 3. The van der Waals surface area contributed by atoms with Crippen LogP contribution in [0.5, 0.6) is 0 Å². The van der Waals surface area contributed by atoms with Gasteiger partial charge in [0.05, 0.1) is 33.9 Å². The molecule has 0 atom stereocenters. The number of rotatable bonds is 10. The summed E-state index contributed by atoms with van der Waals surface area (Å²) in [5.41, 5.74) is 1.35. The van der Waals surface area contributed by atoms with Crippen LogP contribution in [0.1, 0.15) is 37.0 Å². The molecule has 190 valence electrons. The third kappa shape index (κ3) is 7.71. The Labute approximate surface area is 222 Å². The number of aromatic nitrogens is 3. The van der Waals surface area contributed by atoms with E-state index < -0.39 is 5.97 Å². The topological polar surface area (TPSA) is 115 Å². The molecule has 3 rings (SSSR count). The highest BCUT2D eigenvalue weighted by atomic mass is 35.5. The smallest absolute Gasteiger partial charge is 0.338 e. The van der Waals surface area contributed by atoms with Crippen LogP contribution in [-0.4, -0.2) is 44.4 Å². The maximum atomic E-state index is 12.5. The van der Waals surface area contributed by atoms with Crippen molar-refractivity contribution in [3.05, 3.63) is 63.9 Å². The molecule has 0 spiro atoms. The summed E-state index contributed by atoms with van der Waals surface area (Å²) in [5.74, 6) is -0.495. The molecule has 0 radical (unpaired) electrons. The zero-order chi connectivity index (χ0) is 26.2. The first-order valence-electron chi connectivity index (χ1n) is 11.1. The number of hydrogen-bond acceptors (Lipinski definition) is 7. The van der Waals surface area contributed by atoms with Gasteiger partial charge in [0.15, 0.2) is 5.16 Å². The monoisotopic (exact) mass is 549 g/mol. The Bertz CT molecular complexity index is 1270. The second kappa shape index (κ2) is 12.8.